The second kappa shape index (κ2) is 6.08. The number of amides is 2. The smallest absolute Gasteiger partial charge is 0.335 e. The van der Waals surface area contributed by atoms with E-state index in [1.807, 2.05) is 0 Å². The minimum atomic E-state index is -0.991. The van der Waals surface area contributed by atoms with Crippen molar-refractivity contribution in [2.45, 2.75) is 19.9 Å². The van der Waals surface area contributed by atoms with Gasteiger partial charge < -0.3 is 20.7 Å². The molecule has 0 saturated carbocycles. The minimum Gasteiger partial charge on any atom is -0.478 e. The predicted molar refractivity (Wildman–Crippen MR) is 77.3 cm³/mol. The van der Waals surface area contributed by atoms with Crippen molar-refractivity contribution in [3.05, 3.63) is 47.5 Å². The van der Waals surface area contributed by atoms with Gasteiger partial charge in [-0.15, -0.1) is 0 Å². The zero-order valence-electron chi connectivity index (χ0n) is 11.7. The summed E-state index contributed by atoms with van der Waals surface area (Å²) in [5.41, 5.74) is 1.32. The molecule has 1 atom stereocenters. The van der Waals surface area contributed by atoms with Gasteiger partial charge in [-0.3, -0.25) is 0 Å². The predicted octanol–water partition coefficient (Wildman–Crippen LogP) is 2.30. The molecule has 110 valence electrons. The van der Waals surface area contributed by atoms with Gasteiger partial charge in [0, 0.05) is 18.1 Å². The normalized spacial score (nSPS) is 11.7. The lowest BCUT2D eigenvalue weighted by atomic mass is 10.1. The molecular formula is C14H16N4O3. The van der Waals surface area contributed by atoms with Crippen molar-refractivity contribution in [3.8, 4) is 0 Å². The van der Waals surface area contributed by atoms with E-state index >= 15 is 0 Å². The van der Waals surface area contributed by atoms with Gasteiger partial charge in [0.05, 0.1) is 11.6 Å². The molecule has 0 bridgehead atoms. The average Bonchev–Trinajstić information content (AvgIpc) is 2.91. The standard InChI is InChI=1S/C14H16N4O3/c1-8-7-10(3-4-11(8)13(19)20)18-14(21)17-9(2)12-15-5-6-16-12/h3-7,9H,1-2H3,(H,15,16)(H,19,20)(H2,17,18,21). The quantitative estimate of drug-likeness (QED) is 0.692. The summed E-state index contributed by atoms with van der Waals surface area (Å²) in [6.45, 7) is 3.48. The molecule has 0 radical (unpaired) electrons. The first-order valence-electron chi connectivity index (χ1n) is 6.38. The largest absolute Gasteiger partial charge is 0.478 e. The van der Waals surface area contributed by atoms with Gasteiger partial charge in [-0.1, -0.05) is 0 Å². The third-order valence-electron chi connectivity index (χ3n) is 2.99. The van der Waals surface area contributed by atoms with E-state index in [0.29, 0.717) is 17.1 Å². The van der Waals surface area contributed by atoms with Crippen LogP contribution in [0, 0.1) is 6.92 Å². The van der Waals surface area contributed by atoms with Crippen molar-refractivity contribution in [2.24, 2.45) is 0 Å². The number of nitrogens with one attached hydrogen (secondary N) is 3. The van der Waals surface area contributed by atoms with Crippen LogP contribution >= 0.6 is 0 Å². The van der Waals surface area contributed by atoms with E-state index in [1.165, 1.54) is 6.07 Å². The molecule has 0 fully saturated rings. The van der Waals surface area contributed by atoms with Crippen LogP contribution in [0.25, 0.3) is 0 Å². The number of hydrogen-bond acceptors (Lipinski definition) is 3. The summed E-state index contributed by atoms with van der Waals surface area (Å²) in [7, 11) is 0. The summed E-state index contributed by atoms with van der Waals surface area (Å²) >= 11 is 0. The number of rotatable bonds is 4. The fourth-order valence-corrected chi connectivity index (χ4v) is 1.93. The van der Waals surface area contributed by atoms with Crippen molar-refractivity contribution >= 4 is 17.7 Å². The van der Waals surface area contributed by atoms with Gasteiger partial charge in [0.1, 0.15) is 5.82 Å². The number of aryl methyl sites for hydroxylation is 1. The fourth-order valence-electron chi connectivity index (χ4n) is 1.93. The van der Waals surface area contributed by atoms with Crippen LogP contribution in [0.15, 0.2) is 30.6 Å². The minimum absolute atomic E-state index is 0.213. The highest BCUT2D eigenvalue weighted by atomic mass is 16.4. The van der Waals surface area contributed by atoms with Crippen LogP contribution in [0.2, 0.25) is 0 Å². The summed E-state index contributed by atoms with van der Waals surface area (Å²) in [5, 5.41) is 14.3. The van der Waals surface area contributed by atoms with Gasteiger partial charge in [0.2, 0.25) is 0 Å². The number of carbonyl (C=O) groups excluding carboxylic acids is 1. The molecule has 0 aliphatic carbocycles. The van der Waals surface area contributed by atoms with E-state index in [-0.39, 0.29) is 17.6 Å². The molecule has 0 saturated heterocycles. The third kappa shape index (κ3) is 3.59. The number of anilines is 1. The number of aromatic nitrogens is 2. The molecule has 2 amide bonds. The Labute approximate surface area is 121 Å². The molecule has 21 heavy (non-hydrogen) atoms. The summed E-state index contributed by atoms with van der Waals surface area (Å²) in [5.74, 6) is -0.336. The monoisotopic (exact) mass is 288 g/mol. The van der Waals surface area contributed by atoms with Gasteiger partial charge in [-0.05, 0) is 37.6 Å². The van der Waals surface area contributed by atoms with Crippen LogP contribution in [0.4, 0.5) is 10.5 Å². The topological polar surface area (TPSA) is 107 Å². The average molecular weight is 288 g/mol. The first-order chi connectivity index (χ1) is 9.97. The molecule has 1 aromatic heterocycles. The molecule has 2 aromatic rings. The van der Waals surface area contributed by atoms with Crippen LogP contribution in [0.5, 0.6) is 0 Å². The zero-order valence-corrected chi connectivity index (χ0v) is 11.7. The van der Waals surface area contributed by atoms with Crippen molar-refractivity contribution < 1.29 is 14.7 Å². The second-order valence-corrected chi connectivity index (χ2v) is 4.63. The van der Waals surface area contributed by atoms with E-state index < -0.39 is 5.97 Å². The molecule has 0 aliphatic rings. The Morgan fingerprint density at radius 2 is 2.14 bits per heavy atom. The molecule has 1 heterocycles. The Morgan fingerprint density at radius 3 is 2.71 bits per heavy atom. The van der Waals surface area contributed by atoms with E-state index in [2.05, 4.69) is 20.6 Å². The lowest BCUT2D eigenvalue weighted by Crippen LogP contribution is -2.31. The zero-order chi connectivity index (χ0) is 15.4. The first-order valence-corrected chi connectivity index (χ1v) is 6.38. The van der Waals surface area contributed by atoms with E-state index in [0.717, 1.165) is 0 Å². The summed E-state index contributed by atoms with van der Waals surface area (Å²) in [6.07, 6.45) is 3.29. The van der Waals surface area contributed by atoms with Crippen LogP contribution in [-0.4, -0.2) is 27.1 Å². The third-order valence-corrected chi connectivity index (χ3v) is 2.99. The number of H-pyrrole nitrogens is 1. The van der Waals surface area contributed by atoms with E-state index in [4.69, 9.17) is 5.11 Å². The highest BCUT2D eigenvalue weighted by molar-refractivity contribution is 5.92. The van der Waals surface area contributed by atoms with Gasteiger partial charge in [0.15, 0.2) is 0 Å². The Bertz CT molecular complexity index is 652. The Balaban J connectivity index is 2.00. The van der Waals surface area contributed by atoms with Crippen LogP contribution in [0.3, 0.4) is 0 Å². The summed E-state index contributed by atoms with van der Waals surface area (Å²) in [6, 6.07) is 3.97. The van der Waals surface area contributed by atoms with Gasteiger partial charge in [-0.2, -0.15) is 0 Å². The Kier molecular flexibility index (Phi) is 4.22. The van der Waals surface area contributed by atoms with Gasteiger partial charge >= 0.3 is 12.0 Å². The number of aromatic carboxylic acids is 1. The van der Waals surface area contributed by atoms with Crippen LogP contribution in [-0.2, 0) is 0 Å². The molecule has 4 N–H and O–H groups in total. The molecule has 7 nitrogen and oxygen atoms in total. The molecule has 7 heteroatoms. The van der Waals surface area contributed by atoms with Crippen LogP contribution in [0.1, 0.15) is 34.7 Å². The Hall–Kier alpha value is -2.83. The Morgan fingerprint density at radius 1 is 1.38 bits per heavy atom. The van der Waals surface area contributed by atoms with Crippen molar-refractivity contribution in [1.29, 1.82) is 0 Å². The molecule has 1 aromatic carbocycles. The number of nitrogens with zero attached hydrogens (tertiary/aromatic N) is 1. The lowest BCUT2D eigenvalue weighted by Gasteiger charge is -2.13. The molecular weight excluding hydrogens is 272 g/mol. The number of urea groups is 1. The van der Waals surface area contributed by atoms with Crippen molar-refractivity contribution in [1.82, 2.24) is 15.3 Å². The van der Waals surface area contributed by atoms with Crippen molar-refractivity contribution in [3.63, 3.8) is 0 Å². The number of carbonyl (C=O) groups is 2. The molecule has 1 unspecified atom stereocenters. The van der Waals surface area contributed by atoms with E-state index in [1.54, 1.807) is 38.4 Å². The number of benzene rings is 1. The molecule has 2 rings (SSSR count). The maximum Gasteiger partial charge on any atom is 0.335 e. The van der Waals surface area contributed by atoms with Crippen LogP contribution < -0.4 is 10.6 Å². The fraction of sp³-hybridized carbons (Fsp3) is 0.214. The number of carboxylic acids is 1. The molecule has 0 aliphatic heterocycles. The molecule has 0 spiro atoms. The van der Waals surface area contributed by atoms with Gasteiger partial charge in [-0.25, -0.2) is 14.6 Å². The summed E-state index contributed by atoms with van der Waals surface area (Å²) in [4.78, 5) is 29.8. The number of aromatic amines is 1. The second-order valence-electron chi connectivity index (χ2n) is 4.63. The summed E-state index contributed by atoms with van der Waals surface area (Å²) < 4.78 is 0. The number of hydrogen-bond donors (Lipinski definition) is 4. The lowest BCUT2D eigenvalue weighted by molar-refractivity contribution is 0.0696. The number of imidazole rings is 1. The SMILES string of the molecule is Cc1cc(NC(=O)NC(C)c2ncc[nH]2)ccc1C(=O)O. The highest BCUT2D eigenvalue weighted by Crippen LogP contribution is 2.15. The first kappa shape index (κ1) is 14.6. The maximum absolute atomic E-state index is 11.9. The van der Waals surface area contributed by atoms with Gasteiger partial charge in [0.25, 0.3) is 0 Å². The van der Waals surface area contributed by atoms with Crippen molar-refractivity contribution in [2.75, 3.05) is 5.32 Å². The highest BCUT2D eigenvalue weighted by Gasteiger charge is 2.12. The van der Waals surface area contributed by atoms with E-state index in [9.17, 15) is 9.59 Å². The maximum atomic E-state index is 11.9. The number of carboxylic acid groups (broad SMARTS) is 1.